The lowest BCUT2D eigenvalue weighted by Crippen LogP contribution is -2.41. The fourth-order valence-electron chi connectivity index (χ4n) is 4.12. The Bertz CT molecular complexity index is 1180. The lowest BCUT2D eigenvalue weighted by atomic mass is 9.89. The van der Waals surface area contributed by atoms with Crippen LogP contribution in [0, 0.1) is 5.82 Å². The maximum Gasteiger partial charge on any atom is 0.219 e. The molecule has 3 aromatic rings. The van der Waals surface area contributed by atoms with Gasteiger partial charge in [0.1, 0.15) is 5.82 Å². The van der Waals surface area contributed by atoms with E-state index in [-0.39, 0.29) is 5.75 Å². The topological polar surface area (TPSA) is 55.8 Å². The number of ether oxygens (including phenoxy) is 2. The first kappa shape index (κ1) is 21.3. The van der Waals surface area contributed by atoms with Gasteiger partial charge in [-0.1, -0.05) is 42.5 Å². The van der Waals surface area contributed by atoms with Crippen LogP contribution in [0.4, 0.5) is 4.39 Å². The van der Waals surface area contributed by atoms with Gasteiger partial charge >= 0.3 is 0 Å². The number of fused-ring (bicyclic) bond motifs is 1. The summed E-state index contributed by atoms with van der Waals surface area (Å²) in [6, 6.07) is 18.5. The second-order valence-corrected chi connectivity index (χ2v) is 9.39. The van der Waals surface area contributed by atoms with Gasteiger partial charge in [0.25, 0.3) is 0 Å². The van der Waals surface area contributed by atoms with Crippen molar-refractivity contribution in [3.63, 3.8) is 0 Å². The van der Waals surface area contributed by atoms with Crippen LogP contribution < -0.4 is 9.47 Å². The molecule has 0 fully saturated rings. The Balaban J connectivity index is 1.81. The van der Waals surface area contributed by atoms with E-state index in [0.717, 1.165) is 16.7 Å². The molecule has 31 heavy (non-hydrogen) atoms. The number of hydrogen-bond donors (Lipinski definition) is 0. The summed E-state index contributed by atoms with van der Waals surface area (Å²) < 4.78 is 53.0. The number of hydrogen-bond acceptors (Lipinski definition) is 4. The van der Waals surface area contributed by atoms with Crippen molar-refractivity contribution in [1.82, 2.24) is 4.31 Å². The van der Waals surface area contributed by atoms with Crippen molar-refractivity contribution in [3.05, 3.63) is 94.8 Å². The monoisotopic (exact) mass is 441 g/mol. The summed E-state index contributed by atoms with van der Waals surface area (Å²) in [7, 11) is -0.594. The standard InChI is InChI=1S/C24H24FNO4S/c1-29-22-14-19-11-12-26(31(27,28)16-17-7-6-10-20(25)13-17)24(18-8-4-3-5-9-18)21(19)15-23(22)30-2/h3-10,13-15,24H,11-12,16H2,1-2H3. The van der Waals surface area contributed by atoms with E-state index in [1.807, 2.05) is 42.5 Å². The van der Waals surface area contributed by atoms with Crippen molar-refractivity contribution in [1.29, 1.82) is 0 Å². The minimum absolute atomic E-state index is 0.267. The molecule has 0 spiro atoms. The molecule has 0 bridgehead atoms. The Hall–Kier alpha value is -2.90. The van der Waals surface area contributed by atoms with Crippen molar-refractivity contribution >= 4 is 10.0 Å². The highest BCUT2D eigenvalue weighted by Crippen LogP contribution is 2.42. The first-order valence-electron chi connectivity index (χ1n) is 9.96. The normalized spacial score (nSPS) is 16.5. The third-order valence-corrected chi connectivity index (χ3v) is 7.35. The number of sulfonamides is 1. The van der Waals surface area contributed by atoms with E-state index in [1.54, 1.807) is 20.3 Å². The highest BCUT2D eigenvalue weighted by atomic mass is 32.2. The summed E-state index contributed by atoms with van der Waals surface area (Å²) in [6.07, 6.45) is 0.543. The Morgan fingerprint density at radius 1 is 0.968 bits per heavy atom. The minimum Gasteiger partial charge on any atom is -0.493 e. The molecule has 0 amide bonds. The van der Waals surface area contributed by atoms with Crippen LogP contribution in [0.3, 0.4) is 0 Å². The van der Waals surface area contributed by atoms with Crippen LogP contribution in [0.15, 0.2) is 66.7 Å². The summed E-state index contributed by atoms with van der Waals surface area (Å²) in [4.78, 5) is 0. The molecule has 0 saturated carbocycles. The minimum atomic E-state index is -3.73. The average Bonchev–Trinajstić information content (AvgIpc) is 2.77. The Labute approximate surface area is 182 Å². The van der Waals surface area contributed by atoms with Gasteiger partial charge < -0.3 is 9.47 Å². The molecule has 1 aliphatic heterocycles. The van der Waals surface area contributed by atoms with E-state index in [0.29, 0.717) is 30.0 Å². The zero-order valence-corrected chi connectivity index (χ0v) is 18.2. The Morgan fingerprint density at radius 3 is 2.35 bits per heavy atom. The number of rotatable bonds is 6. The number of halogens is 1. The highest BCUT2D eigenvalue weighted by molar-refractivity contribution is 7.88. The maximum absolute atomic E-state index is 13.6. The summed E-state index contributed by atoms with van der Waals surface area (Å²) in [5.74, 6) is 0.445. The van der Waals surface area contributed by atoms with Crippen LogP contribution >= 0.6 is 0 Å². The van der Waals surface area contributed by atoms with Gasteiger partial charge in [0.15, 0.2) is 11.5 Å². The third-order valence-electron chi connectivity index (χ3n) is 5.54. The van der Waals surface area contributed by atoms with Crippen LogP contribution in [0.2, 0.25) is 0 Å². The number of nitrogens with zero attached hydrogens (tertiary/aromatic N) is 1. The van der Waals surface area contributed by atoms with Crippen LogP contribution in [-0.4, -0.2) is 33.5 Å². The predicted molar refractivity (Wildman–Crippen MR) is 117 cm³/mol. The summed E-state index contributed by atoms with van der Waals surface area (Å²) in [6.45, 7) is 0.319. The smallest absolute Gasteiger partial charge is 0.219 e. The van der Waals surface area contributed by atoms with Crippen molar-refractivity contribution in [3.8, 4) is 11.5 Å². The lowest BCUT2D eigenvalue weighted by Gasteiger charge is -2.37. The Morgan fingerprint density at radius 2 is 1.68 bits per heavy atom. The van der Waals surface area contributed by atoms with Gasteiger partial charge in [-0.25, -0.2) is 12.8 Å². The molecule has 0 aliphatic carbocycles. The van der Waals surface area contributed by atoms with E-state index in [4.69, 9.17) is 9.47 Å². The fraction of sp³-hybridized carbons (Fsp3) is 0.250. The number of methoxy groups -OCH3 is 2. The second-order valence-electron chi connectivity index (χ2n) is 7.47. The molecule has 0 radical (unpaired) electrons. The van der Waals surface area contributed by atoms with Crippen LogP contribution in [0.5, 0.6) is 11.5 Å². The third kappa shape index (κ3) is 4.29. The molecule has 162 valence electrons. The molecule has 0 N–H and O–H groups in total. The molecule has 4 rings (SSSR count). The summed E-state index contributed by atoms with van der Waals surface area (Å²) in [5, 5.41) is 0. The maximum atomic E-state index is 13.6. The van der Waals surface area contributed by atoms with Gasteiger partial charge in [0.05, 0.1) is 26.0 Å². The summed E-state index contributed by atoms with van der Waals surface area (Å²) >= 11 is 0. The van der Waals surface area contributed by atoms with E-state index in [2.05, 4.69) is 0 Å². The van der Waals surface area contributed by atoms with Crippen LogP contribution in [-0.2, 0) is 22.2 Å². The largest absolute Gasteiger partial charge is 0.493 e. The second kappa shape index (κ2) is 8.69. The van der Waals surface area contributed by atoms with Gasteiger partial charge in [-0.05, 0) is 52.9 Å². The molecule has 1 atom stereocenters. The first-order chi connectivity index (χ1) is 14.9. The molecule has 1 aliphatic rings. The van der Waals surface area contributed by atoms with E-state index in [9.17, 15) is 12.8 Å². The molecule has 0 aromatic heterocycles. The SMILES string of the molecule is COc1cc2c(cc1OC)C(c1ccccc1)N(S(=O)(=O)Cc1cccc(F)c1)CC2. The molecule has 0 saturated heterocycles. The molecule has 7 heteroatoms. The van der Waals surface area contributed by atoms with Crippen molar-refractivity contribution in [2.75, 3.05) is 20.8 Å². The van der Waals surface area contributed by atoms with E-state index >= 15 is 0 Å². The van der Waals surface area contributed by atoms with Gasteiger partial charge in [-0.15, -0.1) is 0 Å². The molecular formula is C24H24FNO4S. The summed E-state index contributed by atoms with van der Waals surface area (Å²) in [5.41, 5.74) is 3.16. The molecule has 1 heterocycles. The zero-order chi connectivity index (χ0) is 22.0. The quantitative estimate of drug-likeness (QED) is 0.572. The van der Waals surface area contributed by atoms with Crippen LogP contribution in [0.1, 0.15) is 28.3 Å². The Kier molecular flexibility index (Phi) is 5.98. The van der Waals surface area contributed by atoms with E-state index in [1.165, 1.54) is 22.5 Å². The molecule has 5 nitrogen and oxygen atoms in total. The van der Waals surface area contributed by atoms with Gasteiger partial charge in [0.2, 0.25) is 10.0 Å². The highest BCUT2D eigenvalue weighted by Gasteiger charge is 2.37. The predicted octanol–water partition coefficient (Wildman–Crippen LogP) is 4.32. The molecular weight excluding hydrogens is 417 g/mol. The molecule has 1 unspecified atom stereocenters. The zero-order valence-electron chi connectivity index (χ0n) is 17.4. The molecule has 3 aromatic carbocycles. The van der Waals surface area contributed by atoms with Crippen molar-refractivity contribution in [2.45, 2.75) is 18.2 Å². The first-order valence-corrected chi connectivity index (χ1v) is 11.6. The van der Waals surface area contributed by atoms with Crippen LogP contribution in [0.25, 0.3) is 0 Å². The fourth-order valence-corrected chi connectivity index (χ4v) is 5.82. The number of benzene rings is 3. The van der Waals surface area contributed by atoms with Crippen molar-refractivity contribution < 1.29 is 22.3 Å². The average molecular weight is 442 g/mol. The van der Waals surface area contributed by atoms with Gasteiger partial charge in [-0.2, -0.15) is 4.31 Å². The van der Waals surface area contributed by atoms with Crippen molar-refractivity contribution in [2.24, 2.45) is 0 Å². The van der Waals surface area contributed by atoms with Gasteiger partial charge in [0, 0.05) is 6.54 Å². The van der Waals surface area contributed by atoms with Gasteiger partial charge in [-0.3, -0.25) is 0 Å². The lowest BCUT2D eigenvalue weighted by molar-refractivity contribution is 0.331. The van der Waals surface area contributed by atoms with E-state index < -0.39 is 21.9 Å².